The van der Waals surface area contributed by atoms with Gasteiger partial charge in [0.05, 0.1) is 25.2 Å². The highest BCUT2D eigenvalue weighted by molar-refractivity contribution is 7.98. The van der Waals surface area contributed by atoms with Crippen LogP contribution in [0.15, 0.2) is 41.6 Å². The number of aromatic nitrogens is 2. The zero-order valence-corrected chi connectivity index (χ0v) is 10.3. The van der Waals surface area contributed by atoms with E-state index in [1.165, 1.54) is 0 Å². The number of rotatable bonds is 4. The smallest absolute Gasteiger partial charge is 0.141 e. The second kappa shape index (κ2) is 5.54. The molecule has 0 amide bonds. The molecule has 1 aromatic carbocycles. The minimum absolute atomic E-state index is 0.445. The topological polar surface area (TPSA) is 61.0 Å². The Morgan fingerprint density at radius 2 is 2.18 bits per heavy atom. The van der Waals surface area contributed by atoms with Gasteiger partial charge in [0.15, 0.2) is 0 Å². The number of thioether (sulfide) groups is 1. The van der Waals surface area contributed by atoms with Gasteiger partial charge < -0.3 is 10.5 Å². The molecule has 4 nitrogen and oxygen atoms in total. The number of nitrogens with zero attached hydrogens (tertiary/aromatic N) is 2. The fourth-order valence-corrected chi connectivity index (χ4v) is 2.13. The average molecular weight is 247 g/mol. The molecular formula is C12H13N3OS. The van der Waals surface area contributed by atoms with Gasteiger partial charge in [0.2, 0.25) is 0 Å². The van der Waals surface area contributed by atoms with E-state index in [0.717, 1.165) is 22.1 Å². The molecule has 0 bridgehead atoms. The van der Waals surface area contributed by atoms with Crippen LogP contribution in [0.4, 0.5) is 5.82 Å². The van der Waals surface area contributed by atoms with Crippen LogP contribution in [0.2, 0.25) is 0 Å². The van der Waals surface area contributed by atoms with Gasteiger partial charge in [-0.05, 0) is 18.2 Å². The Labute approximate surface area is 104 Å². The lowest BCUT2D eigenvalue weighted by Crippen LogP contribution is -1.94. The fraction of sp³-hybridized carbons (Fsp3) is 0.167. The summed E-state index contributed by atoms with van der Waals surface area (Å²) in [4.78, 5) is 9.34. The molecule has 88 valence electrons. The van der Waals surface area contributed by atoms with Gasteiger partial charge >= 0.3 is 0 Å². The number of methoxy groups -OCH3 is 1. The van der Waals surface area contributed by atoms with Crippen molar-refractivity contribution in [2.45, 2.75) is 10.6 Å². The van der Waals surface area contributed by atoms with Crippen LogP contribution in [0.3, 0.4) is 0 Å². The molecule has 0 unspecified atom stereocenters. The number of nitrogen functional groups attached to an aromatic ring is 1. The quantitative estimate of drug-likeness (QED) is 0.840. The van der Waals surface area contributed by atoms with E-state index in [1.807, 2.05) is 24.3 Å². The molecule has 5 heteroatoms. The Bertz CT molecular complexity index is 487. The summed E-state index contributed by atoms with van der Waals surface area (Å²) in [5, 5.41) is 0. The summed E-state index contributed by atoms with van der Waals surface area (Å²) in [5.41, 5.74) is 6.38. The highest BCUT2D eigenvalue weighted by atomic mass is 32.2. The molecule has 0 saturated carbocycles. The van der Waals surface area contributed by atoms with Crippen LogP contribution in [0.1, 0.15) is 5.69 Å². The predicted molar refractivity (Wildman–Crippen MR) is 69.0 cm³/mol. The van der Waals surface area contributed by atoms with Crippen LogP contribution < -0.4 is 10.5 Å². The maximum atomic E-state index is 5.47. The number of hydrogen-bond acceptors (Lipinski definition) is 5. The molecule has 17 heavy (non-hydrogen) atoms. The molecule has 2 aromatic rings. The Hall–Kier alpha value is -1.75. The van der Waals surface area contributed by atoms with E-state index in [1.54, 1.807) is 31.3 Å². The first-order valence-electron chi connectivity index (χ1n) is 5.11. The maximum absolute atomic E-state index is 5.47. The van der Waals surface area contributed by atoms with E-state index in [2.05, 4.69) is 9.97 Å². The zero-order chi connectivity index (χ0) is 12.1. The summed E-state index contributed by atoms with van der Waals surface area (Å²) in [6.07, 6.45) is 3.27. The van der Waals surface area contributed by atoms with Crippen molar-refractivity contribution in [3.63, 3.8) is 0 Å². The van der Waals surface area contributed by atoms with Crippen molar-refractivity contribution in [1.82, 2.24) is 9.97 Å². The first-order chi connectivity index (χ1) is 8.28. The SMILES string of the molecule is COc1cccc(SCc2cnc(N)cn2)c1. The first-order valence-corrected chi connectivity index (χ1v) is 6.10. The minimum Gasteiger partial charge on any atom is -0.497 e. The highest BCUT2D eigenvalue weighted by Crippen LogP contribution is 2.25. The molecule has 0 aliphatic carbocycles. The molecule has 0 spiro atoms. The van der Waals surface area contributed by atoms with Crippen molar-refractivity contribution < 1.29 is 4.74 Å². The monoisotopic (exact) mass is 247 g/mol. The van der Waals surface area contributed by atoms with Crippen molar-refractivity contribution in [1.29, 1.82) is 0 Å². The summed E-state index contributed by atoms with van der Waals surface area (Å²) in [7, 11) is 1.66. The number of ether oxygens (including phenoxy) is 1. The van der Waals surface area contributed by atoms with Gasteiger partial charge in [-0.3, -0.25) is 4.98 Å². The lowest BCUT2D eigenvalue weighted by Gasteiger charge is -2.04. The lowest BCUT2D eigenvalue weighted by molar-refractivity contribution is 0.413. The summed E-state index contributed by atoms with van der Waals surface area (Å²) < 4.78 is 5.16. The van der Waals surface area contributed by atoms with Crippen LogP contribution in [0.5, 0.6) is 5.75 Å². The largest absolute Gasteiger partial charge is 0.497 e. The molecule has 0 fully saturated rings. The van der Waals surface area contributed by atoms with Gasteiger partial charge in [0.25, 0.3) is 0 Å². The zero-order valence-electron chi connectivity index (χ0n) is 9.46. The molecular weight excluding hydrogens is 234 g/mol. The van der Waals surface area contributed by atoms with Gasteiger partial charge in [-0.25, -0.2) is 4.98 Å². The summed E-state index contributed by atoms with van der Waals surface area (Å²) >= 11 is 1.69. The van der Waals surface area contributed by atoms with Crippen LogP contribution in [0, 0.1) is 0 Å². The summed E-state index contributed by atoms with van der Waals surface area (Å²) in [5.74, 6) is 2.07. The molecule has 1 heterocycles. The third-order valence-electron chi connectivity index (χ3n) is 2.15. The third-order valence-corrected chi connectivity index (χ3v) is 3.18. The minimum atomic E-state index is 0.445. The number of benzene rings is 1. The Balaban J connectivity index is 1.99. The van der Waals surface area contributed by atoms with Crippen LogP contribution in [-0.2, 0) is 5.75 Å². The van der Waals surface area contributed by atoms with Crippen LogP contribution in [0.25, 0.3) is 0 Å². The number of hydrogen-bond donors (Lipinski definition) is 1. The van der Waals surface area contributed by atoms with Gasteiger partial charge in [0, 0.05) is 10.6 Å². The van der Waals surface area contributed by atoms with Crippen LogP contribution in [-0.4, -0.2) is 17.1 Å². The first kappa shape index (κ1) is 11.7. The van der Waals surface area contributed by atoms with E-state index in [4.69, 9.17) is 10.5 Å². The average Bonchev–Trinajstić information content (AvgIpc) is 2.38. The Morgan fingerprint density at radius 1 is 1.29 bits per heavy atom. The standard InChI is InChI=1S/C12H13N3OS/c1-16-10-3-2-4-11(5-10)17-8-9-6-15-12(13)7-14-9/h2-7H,8H2,1H3,(H2,13,15). The molecule has 2 rings (SSSR count). The molecule has 0 radical (unpaired) electrons. The number of nitrogens with two attached hydrogens (primary N) is 1. The molecule has 2 N–H and O–H groups in total. The molecule has 0 aliphatic rings. The Kier molecular flexibility index (Phi) is 3.82. The van der Waals surface area contributed by atoms with Crippen molar-refractivity contribution in [2.75, 3.05) is 12.8 Å². The van der Waals surface area contributed by atoms with E-state index in [0.29, 0.717) is 5.82 Å². The van der Waals surface area contributed by atoms with Crippen LogP contribution >= 0.6 is 11.8 Å². The molecule has 1 aromatic heterocycles. The normalized spacial score (nSPS) is 10.2. The van der Waals surface area contributed by atoms with Gasteiger partial charge in [0.1, 0.15) is 11.6 Å². The predicted octanol–water partition coefficient (Wildman–Crippen LogP) is 2.36. The summed E-state index contributed by atoms with van der Waals surface area (Å²) in [6.45, 7) is 0. The van der Waals surface area contributed by atoms with E-state index < -0.39 is 0 Å². The highest BCUT2D eigenvalue weighted by Gasteiger charge is 1.99. The van der Waals surface area contributed by atoms with Crippen molar-refractivity contribution in [3.05, 3.63) is 42.4 Å². The van der Waals surface area contributed by atoms with E-state index >= 15 is 0 Å². The van der Waals surface area contributed by atoms with Crippen molar-refractivity contribution in [2.24, 2.45) is 0 Å². The second-order valence-corrected chi connectivity index (χ2v) is 4.45. The summed E-state index contributed by atoms with van der Waals surface area (Å²) in [6, 6.07) is 7.93. The van der Waals surface area contributed by atoms with Gasteiger partial charge in [-0.15, -0.1) is 11.8 Å². The molecule has 0 aliphatic heterocycles. The van der Waals surface area contributed by atoms with E-state index in [-0.39, 0.29) is 0 Å². The Morgan fingerprint density at radius 3 is 2.88 bits per heavy atom. The van der Waals surface area contributed by atoms with Crippen molar-refractivity contribution >= 4 is 17.6 Å². The van der Waals surface area contributed by atoms with Gasteiger partial charge in [-0.2, -0.15) is 0 Å². The fourth-order valence-electron chi connectivity index (χ4n) is 1.29. The molecule has 0 saturated heterocycles. The van der Waals surface area contributed by atoms with Gasteiger partial charge in [-0.1, -0.05) is 6.07 Å². The lowest BCUT2D eigenvalue weighted by atomic mass is 10.3. The maximum Gasteiger partial charge on any atom is 0.141 e. The second-order valence-electron chi connectivity index (χ2n) is 3.40. The van der Waals surface area contributed by atoms with E-state index in [9.17, 15) is 0 Å². The van der Waals surface area contributed by atoms with Crippen molar-refractivity contribution in [3.8, 4) is 5.75 Å². The third kappa shape index (κ3) is 3.35. The number of anilines is 1. The molecule has 0 atom stereocenters.